The van der Waals surface area contributed by atoms with Crippen LogP contribution in [0.3, 0.4) is 0 Å². The van der Waals surface area contributed by atoms with Crippen LogP contribution in [0, 0.1) is 17.0 Å². The third-order valence-corrected chi connectivity index (χ3v) is 3.47. The Morgan fingerprint density at radius 2 is 2.33 bits per heavy atom. The molecule has 1 atom stereocenters. The van der Waals surface area contributed by atoms with Crippen LogP contribution in [0.15, 0.2) is 18.2 Å². The molecule has 0 aliphatic carbocycles. The van der Waals surface area contributed by atoms with Gasteiger partial charge in [0, 0.05) is 37.5 Å². The Morgan fingerprint density at radius 1 is 1.56 bits per heavy atom. The van der Waals surface area contributed by atoms with Crippen molar-refractivity contribution in [2.45, 2.75) is 25.8 Å². The molecule has 1 aromatic rings. The summed E-state index contributed by atoms with van der Waals surface area (Å²) in [5, 5.41) is 14.2. The predicted octanol–water partition coefficient (Wildman–Crippen LogP) is 2.09. The maximum atomic E-state index is 10.8. The van der Waals surface area contributed by atoms with Crippen LogP contribution in [0.4, 0.5) is 11.4 Å². The minimum Gasteiger partial charge on any atom is -0.373 e. The molecule has 1 fully saturated rings. The largest absolute Gasteiger partial charge is 0.373 e. The lowest BCUT2D eigenvalue weighted by atomic mass is 10.1. The highest BCUT2D eigenvalue weighted by atomic mass is 16.6. The molecule has 0 radical (unpaired) electrons. The zero-order chi connectivity index (χ0) is 13.1. The third-order valence-electron chi connectivity index (χ3n) is 3.47. The zero-order valence-corrected chi connectivity index (χ0v) is 10.8. The molecular formula is C13H19N3O2. The molecule has 1 saturated heterocycles. The Labute approximate surface area is 107 Å². The molecule has 1 N–H and O–H groups in total. The second-order valence-electron chi connectivity index (χ2n) is 4.90. The highest BCUT2D eigenvalue weighted by Gasteiger charge is 2.18. The minimum atomic E-state index is -0.343. The highest BCUT2D eigenvalue weighted by Crippen LogP contribution is 2.25. The number of benzene rings is 1. The van der Waals surface area contributed by atoms with Crippen LogP contribution in [-0.4, -0.2) is 31.1 Å². The lowest BCUT2D eigenvalue weighted by Crippen LogP contribution is -2.35. The Kier molecular flexibility index (Phi) is 3.81. The van der Waals surface area contributed by atoms with Crippen LogP contribution in [0.2, 0.25) is 0 Å². The second kappa shape index (κ2) is 5.35. The molecular weight excluding hydrogens is 230 g/mol. The van der Waals surface area contributed by atoms with E-state index in [1.807, 2.05) is 20.0 Å². The number of hydrogen-bond acceptors (Lipinski definition) is 4. The Morgan fingerprint density at radius 3 is 2.94 bits per heavy atom. The number of nitro groups is 1. The van der Waals surface area contributed by atoms with Gasteiger partial charge in [-0.25, -0.2) is 0 Å². The fourth-order valence-corrected chi connectivity index (χ4v) is 2.46. The van der Waals surface area contributed by atoms with Crippen molar-refractivity contribution < 1.29 is 4.92 Å². The molecule has 1 aliphatic rings. The van der Waals surface area contributed by atoms with Crippen LogP contribution in [0.25, 0.3) is 0 Å². The summed E-state index contributed by atoms with van der Waals surface area (Å²) >= 11 is 0. The van der Waals surface area contributed by atoms with Gasteiger partial charge in [0.15, 0.2) is 0 Å². The first kappa shape index (κ1) is 12.8. The number of likely N-dealkylation sites (N-methyl/N-ethyl adjacent to an activating group) is 1. The first-order chi connectivity index (χ1) is 8.58. The summed E-state index contributed by atoms with van der Waals surface area (Å²) in [5.41, 5.74) is 2.17. The van der Waals surface area contributed by atoms with E-state index in [1.165, 1.54) is 12.8 Å². The lowest BCUT2D eigenvalue weighted by Gasteiger charge is -2.24. The van der Waals surface area contributed by atoms with Gasteiger partial charge in [0.25, 0.3) is 5.69 Å². The molecule has 5 nitrogen and oxygen atoms in total. The van der Waals surface area contributed by atoms with E-state index in [1.54, 1.807) is 12.1 Å². The van der Waals surface area contributed by atoms with Gasteiger partial charge in [-0.2, -0.15) is 0 Å². The van der Waals surface area contributed by atoms with E-state index >= 15 is 0 Å². The molecule has 0 saturated carbocycles. The summed E-state index contributed by atoms with van der Waals surface area (Å²) in [6.45, 7) is 3.95. The lowest BCUT2D eigenvalue weighted by molar-refractivity contribution is -0.384. The van der Waals surface area contributed by atoms with Gasteiger partial charge < -0.3 is 10.2 Å². The number of nitro benzene ring substituents is 1. The van der Waals surface area contributed by atoms with Crippen molar-refractivity contribution in [2.24, 2.45) is 0 Å². The Bertz CT molecular complexity index is 442. The van der Waals surface area contributed by atoms with Crippen molar-refractivity contribution in [1.29, 1.82) is 0 Å². The topological polar surface area (TPSA) is 58.4 Å². The van der Waals surface area contributed by atoms with Crippen molar-refractivity contribution in [2.75, 3.05) is 25.0 Å². The molecule has 18 heavy (non-hydrogen) atoms. The van der Waals surface area contributed by atoms with E-state index in [0.29, 0.717) is 6.04 Å². The SMILES string of the molecule is Cc1ccc([N+](=O)[O-])cc1N(C)CC1CCCN1. The summed E-state index contributed by atoms with van der Waals surface area (Å²) in [4.78, 5) is 12.6. The number of aryl methyl sites for hydroxylation is 1. The van der Waals surface area contributed by atoms with E-state index in [-0.39, 0.29) is 10.6 Å². The number of hydrogen-bond donors (Lipinski definition) is 1. The Hall–Kier alpha value is -1.62. The molecule has 0 aromatic heterocycles. The van der Waals surface area contributed by atoms with Crippen molar-refractivity contribution in [3.8, 4) is 0 Å². The van der Waals surface area contributed by atoms with E-state index < -0.39 is 0 Å². The van der Waals surface area contributed by atoms with Crippen LogP contribution >= 0.6 is 0 Å². The van der Waals surface area contributed by atoms with Gasteiger partial charge in [-0.05, 0) is 31.9 Å². The molecule has 1 unspecified atom stereocenters. The van der Waals surface area contributed by atoms with E-state index in [4.69, 9.17) is 0 Å². The van der Waals surface area contributed by atoms with Gasteiger partial charge in [0.2, 0.25) is 0 Å². The van der Waals surface area contributed by atoms with Gasteiger partial charge in [0.1, 0.15) is 0 Å². The molecule has 0 amide bonds. The molecule has 98 valence electrons. The average Bonchev–Trinajstić information content (AvgIpc) is 2.81. The van der Waals surface area contributed by atoms with Gasteiger partial charge in [-0.3, -0.25) is 10.1 Å². The number of nitrogens with one attached hydrogen (secondary N) is 1. The van der Waals surface area contributed by atoms with Gasteiger partial charge in [0.05, 0.1) is 4.92 Å². The zero-order valence-electron chi connectivity index (χ0n) is 10.8. The van der Waals surface area contributed by atoms with Crippen molar-refractivity contribution >= 4 is 11.4 Å². The monoisotopic (exact) mass is 249 g/mol. The van der Waals surface area contributed by atoms with Crippen molar-refractivity contribution in [1.82, 2.24) is 5.32 Å². The van der Waals surface area contributed by atoms with Gasteiger partial charge in [-0.15, -0.1) is 0 Å². The number of non-ortho nitro benzene ring substituents is 1. The molecule has 5 heteroatoms. The van der Waals surface area contributed by atoms with E-state index in [0.717, 1.165) is 24.3 Å². The summed E-state index contributed by atoms with van der Waals surface area (Å²) in [7, 11) is 1.99. The fourth-order valence-electron chi connectivity index (χ4n) is 2.46. The quantitative estimate of drug-likeness (QED) is 0.655. The first-order valence-corrected chi connectivity index (χ1v) is 6.27. The molecule has 1 aromatic carbocycles. The van der Waals surface area contributed by atoms with Gasteiger partial charge >= 0.3 is 0 Å². The molecule has 2 rings (SSSR count). The van der Waals surface area contributed by atoms with Gasteiger partial charge in [-0.1, -0.05) is 6.07 Å². The number of nitrogens with zero attached hydrogens (tertiary/aromatic N) is 2. The summed E-state index contributed by atoms with van der Waals surface area (Å²) in [5.74, 6) is 0. The maximum Gasteiger partial charge on any atom is 0.271 e. The second-order valence-corrected chi connectivity index (χ2v) is 4.90. The number of anilines is 1. The minimum absolute atomic E-state index is 0.154. The predicted molar refractivity (Wildman–Crippen MR) is 72.1 cm³/mol. The van der Waals surface area contributed by atoms with Crippen molar-refractivity contribution in [3.05, 3.63) is 33.9 Å². The molecule has 1 aliphatic heterocycles. The van der Waals surface area contributed by atoms with Crippen LogP contribution < -0.4 is 10.2 Å². The van der Waals surface area contributed by atoms with E-state index in [9.17, 15) is 10.1 Å². The fraction of sp³-hybridized carbons (Fsp3) is 0.538. The average molecular weight is 249 g/mol. The number of rotatable bonds is 4. The van der Waals surface area contributed by atoms with Crippen LogP contribution in [0.1, 0.15) is 18.4 Å². The Balaban J connectivity index is 2.14. The van der Waals surface area contributed by atoms with Crippen LogP contribution in [-0.2, 0) is 0 Å². The maximum absolute atomic E-state index is 10.8. The molecule has 1 heterocycles. The molecule has 0 spiro atoms. The third kappa shape index (κ3) is 2.79. The summed E-state index contributed by atoms with van der Waals surface area (Å²) in [6, 6.07) is 5.52. The van der Waals surface area contributed by atoms with Crippen LogP contribution in [0.5, 0.6) is 0 Å². The van der Waals surface area contributed by atoms with E-state index in [2.05, 4.69) is 10.2 Å². The summed E-state index contributed by atoms with van der Waals surface area (Å²) < 4.78 is 0. The normalized spacial score (nSPS) is 18.9. The smallest absolute Gasteiger partial charge is 0.271 e. The molecule has 0 bridgehead atoms. The standard InChI is InChI=1S/C13H19N3O2/c1-10-5-6-12(16(17)18)8-13(10)15(2)9-11-4-3-7-14-11/h5-6,8,11,14H,3-4,7,9H2,1-2H3. The highest BCUT2D eigenvalue weighted by molar-refractivity contribution is 5.58. The first-order valence-electron chi connectivity index (χ1n) is 6.27. The summed E-state index contributed by atoms with van der Waals surface area (Å²) in [6.07, 6.45) is 2.39. The van der Waals surface area contributed by atoms with Crippen molar-refractivity contribution in [3.63, 3.8) is 0 Å².